The van der Waals surface area contributed by atoms with Gasteiger partial charge in [0.05, 0.1) is 12.2 Å². The zero-order valence-corrected chi connectivity index (χ0v) is 13.7. The Morgan fingerprint density at radius 3 is 1.90 bits per heavy atom. The monoisotopic (exact) mass is 280 g/mol. The molecule has 0 heterocycles. The summed E-state index contributed by atoms with van der Waals surface area (Å²) in [7, 11) is 0. The topological polar surface area (TPSA) is 18.5 Å². The molecule has 2 unspecified atom stereocenters. The highest BCUT2D eigenvalue weighted by molar-refractivity contribution is 4.99. The first-order valence-electron chi connectivity index (χ1n) is 8.87. The number of hydrogen-bond donors (Lipinski definition) is 0. The van der Waals surface area contributed by atoms with Gasteiger partial charge in [-0.25, -0.2) is 0 Å². The summed E-state index contributed by atoms with van der Waals surface area (Å²) in [5, 5.41) is 0. The SMILES string of the molecule is CCC(C)OC(OC1C2CC3CC(C2)CC1C3)C(C)C. The molecule has 4 rings (SSSR count). The molecule has 116 valence electrons. The van der Waals surface area contributed by atoms with Crippen LogP contribution in [0.2, 0.25) is 0 Å². The second-order valence-electron chi connectivity index (χ2n) is 8.00. The fraction of sp³-hybridized carbons (Fsp3) is 1.00. The minimum atomic E-state index is -0.00697. The van der Waals surface area contributed by atoms with Crippen LogP contribution < -0.4 is 0 Å². The summed E-state index contributed by atoms with van der Waals surface area (Å²) >= 11 is 0. The lowest BCUT2D eigenvalue weighted by molar-refractivity contribution is -0.252. The van der Waals surface area contributed by atoms with Crippen LogP contribution in [0.25, 0.3) is 0 Å². The second-order valence-corrected chi connectivity index (χ2v) is 8.00. The molecular formula is C18H32O2. The molecule has 0 amide bonds. The highest BCUT2D eigenvalue weighted by Gasteiger charge is 2.49. The van der Waals surface area contributed by atoms with Crippen LogP contribution >= 0.6 is 0 Å². The predicted molar refractivity (Wildman–Crippen MR) is 81.4 cm³/mol. The number of hydrogen-bond acceptors (Lipinski definition) is 2. The molecule has 4 aliphatic rings. The van der Waals surface area contributed by atoms with Gasteiger partial charge in [0.2, 0.25) is 0 Å². The van der Waals surface area contributed by atoms with E-state index >= 15 is 0 Å². The number of ether oxygens (including phenoxy) is 2. The van der Waals surface area contributed by atoms with E-state index in [0.717, 1.165) is 30.1 Å². The highest BCUT2D eigenvalue weighted by Crippen LogP contribution is 2.55. The van der Waals surface area contributed by atoms with Crippen molar-refractivity contribution in [1.82, 2.24) is 0 Å². The molecule has 4 saturated carbocycles. The van der Waals surface area contributed by atoms with Crippen LogP contribution in [0, 0.1) is 29.6 Å². The summed E-state index contributed by atoms with van der Waals surface area (Å²) in [4.78, 5) is 0. The van der Waals surface area contributed by atoms with E-state index in [9.17, 15) is 0 Å². The van der Waals surface area contributed by atoms with Gasteiger partial charge >= 0.3 is 0 Å². The van der Waals surface area contributed by atoms with Crippen LogP contribution in [0.1, 0.15) is 66.2 Å². The molecule has 0 N–H and O–H groups in total. The fourth-order valence-corrected chi connectivity index (χ4v) is 4.92. The van der Waals surface area contributed by atoms with Crippen LogP contribution in [0.3, 0.4) is 0 Å². The van der Waals surface area contributed by atoms with E-state index < -0.39 is 0 Å². The van der Waals surface area contributed by atoms with Gasteiger partial charge in [-0.1, -0.05) is 20.8 Å². The Bertz CT molecular complexity index is 297. The molecule has 0 aromatic heterocycles. The Morgan fingerprint density at radius 2 is 1.45 bits per heavy atom. The van der Waals surface area contributed by atoms with E-state index in [1.165, 1.54) is 32.1 Å². The summed E-state index contributed by atoms with van der Waals surface area (Å²) in [5.41, 5.74) is 0. The molecule has 4 bridgehead atoms. The van der Waals surface area contributed by atoms with Crippen LogP contribution in [-0.2, 0) is 9.47 Å². The zero-order chi connectivity index (χ0) is 14.3. The lowest BCUT2D eigenvalue weighted by Crippen LogP contribution is -2.51. The molecule has 0 aromatic rings. The maximum atomic E-state index is 6.54. The normalized spacial score (nSPS) is 42.1. The van der Waals surface area contributed by atoms with Crippen molar-refractivity contribution in [2.24, 2.45) is 29.6 Å². The average molecular weight is 280 g/mol. The minimum absolute atomic E-state index is 0.00697. The molecular weight excluding hydrogens is 248 g/mol. The molecule has 4 aliphatic carbocycles. The molecule has 4 fully saturated rings. The molecule has 0 saturated heterocycles. The van der Waals surface area contributed by atoms with Gasteiger partial charge in [-0.3, -0.25) is 0 Å². The third-order valence-electron chi connectivity index (χ3n) is 5.92. The molecule has 0 spiro atoms. The maximum absolute atomic E-state index is 6.54. The summed E-state index contributed by atoms with van der Waals surface area (Å²) in [6.45, 7) is 8.80. The van der Waals surface area contributed by atoms with Crippen LogP contribution in [0.5, 0.6) is 0 Å². The van der Waals surface area contributed by atoms with Crippen molar-refractivity contribution in [3.05, 3.63) is 0 Å². The first kappa shape index (κ1) is 14.8. The Kier molecular flexibility index (Phi) is 4.42. The molecule has 0 radical (unpaired) electrons. The standard InChI is InChI=1S/C18H32O2/c1-5-12(4)19-18(11(2)3)20-17-15-7-13-6-14(9-15)10-16(17)8-13/h11-18H,5-10H2,1-4H3. The summed E-state index contributed by atoms with van der Waals surface area (Å²) in [5.74, 6) is 4.14. The van der Waals surface area contributed by atoms with Crippen molar-refractivity contribution in [3.8, 4) is 0 Å². The maximum Gasteiger partial charge on any atom is 0.160 e. The Labute approximate surface area is 124 Å². The van der Waals surface area contributed by atoms with Crippen molar-refractivity contribution in [2.45, 2.75) is 84.7 Å². The van der Waals surface area contributed by atoms with Gasteiger partial charge in [-0.2, -0.15) is 0 Å². The summed E-state index contributed by atoms with van der Waals surface area (Å²) < 4.78 is 12.7. The molecule has 20 heavy (non-hydrogen) atoms. The highest BCUT2D eigenvalue weighted by atomic mass is 16.7. The van der Waals surface area contributed by atoms with E-state index in [1.807, 2.05) is 0 Å². The number of rotatable bonds is 6. The van der Waals surface area contributed by atoms with Gasteiger partial charge < -0.3 is 9.47 Å². The van der Waals surface area contributed by atoms with E-state index in [-0.39, 0.29) is 6.29 Å². The van der Waals surface area contributed by atoms with Gasteiger partial charge in [-0.05, 0) is 69.1 Å². The third-order valence-corrected chi connectivity index (χ3v) is 5.92. The first-order valence-corrected chi connectivity index (χ1v) is 8.87. The van der Waals surface area contributed by atoms with E-state index in [2.05, 4.69) is 27.7 Å². The van der Waals surface area contributed by atoms with E-state index in [1.54, 1.807) is 0 Å². The lowest BCUT2D eigenvalue weighted by atomic mass is 9.55. The fourth-order valence-electron chi connectivity index (χ4n) is 4.92. The smallest absolute Gasteiger partial charge is 0.160 e. The first-order chi connectivity index (χ1) is 9.56. The van der Waals surface area contributed by atoms with Gasteiger partial charge in [-0.15, -0.1) is 0 Å². The van der Waals surface area contributed by atoms with Crippen molar-refractivity contribution in [3.63, 3.8) is 0 Å². The van der Waals surface area contributed by atoms with E-state index in [4.69, 9.17) is 9.47 Å². The van der Waals surface area contributed by atoms with Gasteiger partial charge in [0.25, 0.3) is 0 Å². The molecule has 2 heteroatoms. The van der Waals surface area contributed by atoms with Crippen molar-refractivity contribution >= 4 is 0 Å². The second kappa shape index (κ2) is 5.96. The molecule has 2 nitrogen and oxygen atoms in total. The van der Waals surface area contributed by atoms with Crippen LogP contribution in [0.4, 0.5) is 0 Å². The molecule has 0 aromatic carbocycles. The van der Waals surface area contributed by atoms with Crippen LogP contribution in [0.15, 0.2) is 0 Å². The zero-order valence-electron chi connectivity index (χ0n) is 13.7. The van der Waals surface area contributed by atoms with Gasteiger partial charge in [0, 0.05) is 5.92 Å². The largest absolute Gasteiger partial charge is 0.349 e. The van der Waals surface area contributed by atoms with Crippen LogP contribution in [-0.4, -0.2) is 18.5 Å². The van der Waals surface area contributed by atoms with Crippen molar-refractivity contribution in [2.75, 3.05) is 0 Å². The average Bonchev–Trinajstić information content (AvgIpc) is 2.40. The Balaban J connectivity index is 1.63. The lowest BCUT2D eigenvalue weighted by Gasteiger charge is -2.54. The third kappa shape index (κ3) is 2.92. The minimum Gasteiger partial charge on any atom is -0.349 e. The molecule has 0 aliphatic heterocycles. The Hall–Kier alpha value is -0.0800. The summed E-state index contributed by atoms with van der Waals surface area (Å²) in [6, 6.07) is 0. The van der Waals surface area contributed by atoms with Crippen molar-refractivity contribution < 1.29 is 9.47 Å². The quantitative estimate of drug-likeness (QED) is 0.661. The predicted octanol–water partition coefficient (Wildman–Crippen LogP) is 4.62. The molecule has 2 atom stereocenters. The van der Waals surface area contributed by atoms with Gasteiger partial charge in [0.15, 0.2) is 6.29 Å². The van der Waals surface area contributed by atoms with Gasteiger partial charge in [0.1, 0.15) is 0 Å². The Morgan fingerprint density at radius 1 is 0.900 bits per heavy atom. The van der Waals surface area contributed by atoms with E-state index in [0.29, 0.717) is 18.1 Å². The van der Waals surface area contributed by atoms with Crippen molar-refractivity contribution in [1.29, 1.82) is 0 Å². The summed E-state index contributed by atoms with van der Waals surface area (Å²) in [6.07, 6.45) is 9.05.